The number of fused-ring (bicyclic) bond motifs is 1. The second-order valence-electron chi connectivity index (χ2n) is 4.02. The molecule has 0 bridgehead atoms. The van der Waals surface area contributed by atoms with Crippen molar-refractivity contribution in [1.82, 2.24) is 4.98 Å². The van der Waals surface area contributed by atoms with Crippen LogP contribution in [0.25, 0.3) is 10.9 Å². The molecule has 0 aliphatic heterocycles. The number of hydrogen-bond donors (Lipinski definition) is 1. The summed E-state index contributed by atoms with van der Waals surface area (Å²) < 4.78 is 23.7. The second-order valence-corrected chi connectivity index (χ2v) is 4.02. The minimum absolute atomic E-state index is 0.256. The fourth-order valence-corrected chi connectivity index (χ4v) is 2.03. The molecule has 0 aliphatic carbocycles. The molecule has 0 unspecified atom stereocenters. The molecule has 1 aromatic carbocycles. The first-order valence-corrected chi connectivity index (χ1v) is 6.13. The number of hydrogen-bond acceptors (Lipinski definition) is 5. The van der Waals surface area contributed by atoms with Gasteiger partial charge in [0.05, 0.1) is 19.4 Å². The summed E-state index contributed by atoms with van der Waals surface area (Å²) in [7, 11) is 3.09. The Balaban J connectivity index is 2.73. The Morgan fingerprint density at radius 1 is 1.45 bits per heavy atom. The molecule has 0 radical (unpaired) electrons. The summed E-state index contributed by atoms with van der Waals surface area (Å²) in [6.07, 6.45) is 1.40. The van der Waals surface area contributed by atoms with Crippen LogP contribution in [0, 0.1) is 5.82 Å². The summed E-state index contributed by atoms with van der Waals surface area (Å²) in [6.45, 7) is 1.97. The molecule has 1 heterocycles. The van der Waals surface area contributed by atoms with E-state index in [9.17, 15) is 9.18 Å². The Bertz CT molecular complexity index is 658. The van der Waals surface area contributed by atoms with Crippen LogP contribution in [0.1, 0.15) is 17.3 Å². The molecule has 0 fully saturated rings. The van der Waals surface area contributed by atoms with Crippen molar-refractivity contribution in [1.29, 1.82) is 0 Å². The number of carbonyl (C=O) groups excluding carboxylic acids is 1. The highest BCUT2D eigenvalue weighted by Crippen LogP contribution is 2.32. The van der Waals surface area contributed by atoms with Crippen LogP contribution in [0.2, 0.25) is 0 Å². The molecule has 0 atom stereocenters. The van der Waals surface area contributed by atoms with E-state index in [1.54, 1.807) is 14.0 Å². The lowest BCUT2D eigenvalue weighted by Crippen LogP contribution is -2.09. The van der Waals surface area contributed by atoms with E-state index in [2.05, 4.69) is 10.3 Å². The SMILES string of the molecule is CCOC(=O)c1cnc2c(OC)cc(F)cc2c1NC. The molecule has 20 heavy (non-hydrogen) atoms. The highest BCUT2D eigenvalue weighted by atomic mass is 19.1. The van der Waals surface area contributed by atoms with Crippen molar-refractivity contribution < 1.29 is 18.7 Å². The molecule has 0 saturated carbocycles. The molecular weight excluding hydrogens is 263 g/mol. The van der Waals surface area contributed by atoms with Crippen LogP contribution in [0.5, 0.6) is 5.75 Å². The molecule has 0 spiro atoms. The fraction of sp³-hybridized carbons (Fsp3) is 0.286. The summed E-state index contributed by atoms with van der Waals surface area (Å²) in [5.74, 6) is -0.657. The topological polar surface area (TPSA) is 60.5 Å². The lowest BCUT2D eigenvalue weighted by atomic mass is 10.1. The summed E-state index contributed by atoms with van der Waals surface area (Å²) in [6, 6.07) is 2.55. The molecule has 2 rings (SSSR count). The van der Waals surface area contributed by atoms with Gasteiger partial charge in [-0.2, -0.15) is 0 Å². The van der Waals surface area contributed by atoms with Gasteiger partial charge in [-0.25, -0.2) is 9.18 Å². The van der Waals surface area contributed by atoms with Crippen molar-refractivity contribution in [2.24, 2.45) is 0 Å². The van der Waals surface area contributed by atoms with Gasteiger partial charge < -0.3 is 14.8 Å². The molecule has 6 heteroatoms. The Hall–Kier alpha value is -2.37. The number of aromatic nitrogens is 1. The number of pyridine rings is 1. The predicted octanol–water partition coefficient (Wildman–Crippen LogP) is 2.60. The third kappa shape index (κ3) is 2.36. The van der Waals surface area contributed by atoms with Gasteiger partial charge in [0, 0.05) is 24.7 Å². The average molecular weight is 278 g/mol. The Morgan fingerprint density at radius 2 is 2.20 bits per heavy atom. The van der Waals surface area contributed by atoms with E-state index in [0.29, 0.717) is 22.3 Å². The van der Waals surface area contributed by atoms with Gasteiger partial charge in [-0.1, -0.05) is 0 Å². The lowest BCUT2D eigenvalue weighted by Gasteiger charge is -2.13. The highest BCUT2D eigenvalue weighted by molar-refractivity contribution is 6.06. The number of methoxy groups -OCH3 is 1. The van der Waals surface area contributed by atoms with Gasteiger partial charge in [0.2, 0.25) is 0 Å². The smallest absolute Gasteiger partial charge is 0.341 e. The van der Waals surface area contributed by atoms with E-state index in [1.807, 2.05) is 0 Å². The number of rotatable bonds is 4. The number of benzene rings is 1. The zero-order valence-corrected chi connectivity index (χ0v) is 11.5. The molecule has 1 aromatic heterocycles. The van der Waals surface area contributed by atoms with E-state index in [0.717, 1.165) is 0 Å². The van der Waals surface area contributed by atoms with Gasteiger partial charge in [-0.15, -0.1) is 0 Å². The summed E-state index contributed by atoms with van der Waals surface area (Å²) in [4.78, 5) is 16.1. The predicted molar refractivity (Wildman–Crippen MR) is 73.8 cm³/mol. The maximum Gasteiger partial charge on any atom is 0.341 e. The zero-order chi connectivity index (χ0) is 14.7. The quantitative estimate of drug-likeness (QED) is 0.871. The van der Waals surface area contributed by atoms with Crippen molar-refractivity contribution in [3.05, 3.63) is 29.7 Å². The van der Waals surface area contributed by atoms with Crippen LogP contribution in [0.4, 0.5) is 10.1 Å². The number of ether oxygens (including phenoxy) is 2. The number of anilines is 1. The first kappa shape index (κ1) is 14.0. The van der Waals surface area contributed by atoms with Crippen molar-refractivity contribution in [3.8, 4) is 5.75 Å². The normalized spacial score (nSPS) is 10.4. The van der Waals surface area contributed by atoms with Crippen molar-refractivity contribution in [2.75, 3.05) is 26.1 Å². The van der Waals surface area contributed by atoms with Crippen LogP contribution in [-0.2, 0) is 4.74 Å². The van der Waals surface area contributed by atoms with Gasteiger partial charge in [-0.3, -0.25) is 4.98 Å². The van der Waals surface area contributed by atoms with Gasteiger partial charge in [0.1, 0.15) is 22.6 Å². The van der Waals surface area contributed by atoms with Crippen molar-refractivity contribution in [2.45, 2.75) is 6.92 Å². The van der Waals surface area contributed by atoms with E-state index in [-0.39, 0.29) is 12.2 Å². The third-order valence-corrected chi connectivity index (χ3v) is 2.87. The first-order chi connectivity index (χ1) is 9.62. The molecule has 106 valence electrons. The van der Waals surface area contributed by atoms with E-state index in [1.165, 1.54) is 25.4 Å². The molecule has 2 aromatic rings. The van der Waals surface area contributed by atoms with E-state index in [4.69, 9.17) is 9.47 Å². The Labute approximate surface area is 115 Å². The van der Waals surface area contributed by atoms with Crippen molar-refractivity contribution >= 4 is 22.6 Å². The van der Waals surface area contributed by atoms with E-state index < -0.39 is 11.8 Å². The summed E-state index contributed by atoms with van der Waals surface area (Å²) >= 11 is 0. The second kappa shape index (κ2) is 5.73. The molecule has 0 aliphatic rings. The van der Waals surface area contributed by atoms with Crippen LogP contribution in [0.15, 0.2) is 18.3 Å². The van der Waals surface area contributed by atoms with Crippen LogP contribution >= 0.6 is 0 Å². The Morgan fingerprint density at radius 3 is 2.80 bits per heavy atom. The minimum Gasteiger partial charge on any atom is -0.494 e. The largest absolute Gasteiger partial charge is 0.494 e. The lowest BCUT2D eigenvalue weighted by molar-refractivity contribution is 0.0527. The molecule has 0 saturated heterocycles. The first-order valence-electron chi connectivity index (χ1n) is 6.13. The summed E-state index contributed by atoms with van der Waals surface area (Å²) in [5.41, 5.74) is 1.20. The fourth-order valence-electron chi connectivity index (χ4n) is 2.03. The maximum absolute atomic E-state index is 13.6. The number of halogens is 1. The number of carbonyl (C=O) groups is 1. The van der Waals surface area contributed by atoms with Gasteiger partial charge in [0.15, 0.2) is 0 Å². The average Bonchev–Trinajstić information content (AvgIpc) is 2.45. The molecule has 5 nitrogen and oxygen atoms in total. The number of nitrogens with one attached hydrogen (secondary N) is 1. The van der Waals surface area contributed by atoms with Gasteiger partial charge in [-0.05, 0) is 13.0 Å². The zero-order valence-electron chi connectivity index (χ0n) is 11.5. The van der Waals surface area contributed by atoms with Crippen LogP contribution < -0.4 is 10.1 Å². The monoisotopic (exact) mass is 278 g/mol. The van der Waals surface area contributed by atoms with Crippen LogP contribution in [0.3, 0.4) is 0 Å². The highest BCUT2D eigenvalue weighted by Gasteiger charge is 2.18. The number of nitrogens with zero attached hydrogens (tertiary/aromatic N) is 1. The minimum atomic E-state index is -0.505. The number of esters is 1. The molecule has 1 N–H and O–H groups in total. The molecular formula is C14H15FN2O3. The standard InChI is InChI=1S/C14H15FN2O3/c1-4-20-14(18)10-7-17-13-9(12(10)16-2)5-8(15)6-11(13)19-3/h5-7H,4H2,1-3H3,(H,16,17). The molecule has 0 amide bonds. The Kier molecular flexibility index (Phi) is 4.02. The van der Waals surface area contributed by atoms with Gasteiger partial charge in [0.25, 0.3) is 0 Å². The van der Waals surface area contributed by atoms with Crippen molar-refractivity contribution in [3.63, 3.8) is 0 Å². The summed E-state index contributed by atoms with van der Waals surface area (Å²) in [5, 5.41) is 3.36. The van der Waals surface area contributed by atoms with E-state index >= 15 is 0 Å². The van der Waals surface area contributed by atoms with Crippen LogP contribution in [-0.4, -0.2) is 31.7 Å². The van der Waals surface area contributed by atoms with Gasteiger partial charge >= 0.3 is 5.97 Å². The maximum atomic E-state index is 13.6. The third-order valence-electron chi connectivity index (χ3n) is 2.87.